The largest absolute Gasteiger partial charge is 0.480 e. The van der Waals surface area contributed by atoms with Gasteiger partial charge in [-0.2, -0.15) is 0 Å². The van der Waals surface area contributed by atoms with Gasteiger partial charge in [0.05, 0.1) is 5.69 Å². The molecule has 3 N–H and O–H groups in total. The standard InChI is InChI=1S/C8H12N4O3/c1-8(6(9)13,7(14)15)3-5-4-12(2)11-10-5/h4H,3H2,1-2H3,(H2,9,13)(H,14,15). The predicted molar refractivity (Wildman–Crippen MR) is 49.6 cm³/mol. The van der Waals surface area contributed by atoms with Crippen molar-refractivity contribution < 1.29 is 14.7 Å². The lowest BCUT2D eigenvalue weighted by atomic mass is 9.85. The fourth-order valence-corrected chi connectivity index (χ4v) is 1.11. The third-order valence-electron chi connectivity index (χ3n) is 2.20. The minimum atomic E-state index is -1.64. The van der Waals surface area contributed by atoms with Gasteiger partial charge in [0.2, 0.25) is 5.91 Å². The van der Waals surface area contributed by atoms with Crippen molar-refractivity contribution >= 4 is 11.9 Å². The van der Waals surface area contributed by atoms with E-state index in [1.165, 1.54) is 11.6 Å². The number of carbonyl (C=O) groups excluding carboxylic acids is 1. The zero-order valence-corrected chi connectivity index (χ0v) is 8.47. The Bertz CT molecular complexity index is 384. The molecule has 1 amide bonds. The molecule has 1 aromatic heterocycles. The summed E-state index contributed by atoms with van der Waals surface area (Å²) in [6.45, 7) is 1.27. The lowest BCUT2D eigenvalue weighted by Gasteiger charge is -2.18. The average molecular weight is 212 g/mol. The second-order valence-electron chi connectivity index (χ2n) is 3.56. The second-order valence-corrected chi connectivity index (χ2v) is 3.56. The first kappa shape index (κ1) is 11.2. The maximum Gasteiger partial charge on any atom is 0.319 e. The molecule has 0 fully saturated rings. The van der Waals surface area contributed by atoms with Crippen molar-refractivity contribution in [1.82, 2.24) is 15.0 Å². The van der Waals surface area contributed by atoms with Crippen LogP contribution in [-0.4, -0.2) is 32.0 Å². The highest BCUT2D eigenvalue weighted by Gasteiger charge is 2.40. The summed E-state index contributed by atoms with van der Waals surface area (Å²) < 4.78 is 1.43. The van der Waals surface area contributed by atoms with Gasteiger partial charge < -0.3 is 10.8 Å². The van der Waals surface area contributed by atoms with Crippen LogP contribution < -0.4 is 5.73 Å². The molecule has 0 saturated heterocycles. The molecular weight excluding hydrogens is 200 g/mol. The van der Waals surface area contributed by atoms with Crippen LogP contribution >= 0.6 is 0 Å². The van der Waals surface area contributed by atoms with Crippen LogP contribution in [0.15, 0.2) is 6.20 Å². The van der Waals surface area contributed by atoms with E-state index in [2.05, 4.69) is 10.3 Å². The van der Waals surface area contributed by atoms with Gasteiger partial charge in [-0.25, -0.2) is 0 Å². The first-order valence-corrected chi connectivity index (χ1v) is 4.25. The molecule has 0 radical (unpaired) electrons. The van der Waals surface area contributed by atoms with Gasteiger partial charge in [0.1, 0.15) is 5.41 Å². The summed E-state index contributed by atoms with van der Waals surface area (Å²) in [5.41, 5.74) is 3.83. The molecular formula is C8H12N4O3. The summed E-state index contributed by atoms with van der Waals surface area (Å²) in [4.78, 5) is 22.0. The molecule has 15 heavy (non-hydrogen) atoms. The van der Waals surface area contributed by atoms with Crippen molar-refractivity contribution in [2.45, 2.75) is 13.3 Å². The second kappa shape index (κ2) is 3.68. The van der Waals surface area contributed by atoms with Gasteiger partial charge in [0, 0.05) is 19.7 Å². The van der Waals surface area contributed by atoms with Gasteiger partial charge in [-0.3, -0.25) is 14.3 Å². The van der Waals surface area contributed by atoms with Crippen LogP contribution in [0.3, 0.4) is 0 Å². The van der Waals surface area contributed by atoms with Crippen molar-refractivity contribution in [3.63, 3.8) is 0 Å². The molecule has 0 aliphatic heterocycles. The molecule has 82 valence electrons. The predicted octanol–water partition coefficient (Wildman–Crippen LogP) is -1.07. The van der Waals surface area contributed by atoms with Crippen molar-refractivity contribution in [3.05, 3.63) is 11.9 Å². The summed E-state index contributed by atoms with van der Waals surface area (Å²) in [7, 11) is 1.65. The van der Waals surface area contributed by atoms with Gasteiger partial charge in [-0.1, -0.05) is 5.21 Å². The van der Waals surface area contributed by atoms with Crippen molar-refractivity contribution in [2.75, 3.05) is 0 Å². The van der Waals surface area contributed by atoms with Crippen molar-refractivity contribution in [1.29, 1.82) is 0 Å². The molecule has 0 aliphatic rings. The van der Waals surface area contributed by atoms with Gasteiger partial charge in [-0.05, 0) is 6.92 Å². The first-order valence-electron chi connectivity index (χ1n) is 4.25. The Morgan fingerprint density at radius 2 is 2.27 bits per heavy atom. The summed E-state index contributed by atoms with van der Waals surface area (Å²) >= 11 is 0. The van der Waals surface area contributed by atoms with E-state index < -0.39 is 17.3 Å². The summed E-state index contributed by atoms with van der Waals surface area (Å²) in [6.07, 6.45) is 1.48. The van der Waals surface area contributed by atoms with Crippen LogP contribution in [0.4, 0.5) is 0 Å². The summed E-state index contributed by atoms with van der Waals surface area (Å²) in [6, 6.07) is 0. The number of nitrogens with two attached hydrogens (primary N) is 1. The highest BCUT2D eigenvalue weighted by atomic mass is 16.4. The lowest BCUT2D eigenvalue weighted by molar-refractivity contribution is -0.153. The molecule has 0 aliphatic carbocycles. The number of primary amides is 1. The third-order valence-corrected chi connectivity index (χ3v) is 2.20. The fraction of sp³-hybridized carbons (Fsp3) is 0.500. The number of rotatable bonds is 4. The zero-order valence-electron chi connectivity index (χ0n) is 8.47. The topological polar surface area (TPSA) is 111 Å². The van der Waals surface area contributed by atoms with E-state index in [4.69, 9.17) is 10.8 Å². The van der Waals surface area contributed by atoms with Crippen LogP contribution in [0.5, 0.6) is 0 Å². The van der Waals surface area contributed by atoms with Gasteiger partial charge in [0.25, 0.3) is 0 Å². The van der Waals surface area contributed by atoms with E-state index in [-0.39, 0.29) is 6.42 Å². The Kier molecular flexibility index (Phi) is 2.74. The minimum absolute atomic E-state index is 0.0640. The number of amides is 1. The first-order chi connectivity index (χ1) is 6.86. The number of aliphatic carboxylic acids is 1. The van der Waals surface area contributed by atoms with E-state index in [0.29, 0.717) is 5.69 Å². The lowest BCUT2D eigenvalue weighted by Crippen LogP contribution is -2.43. The number of nitrogens with zero attached hydrogens (tertiary/aromatic N) is 3. The number of hydrogen-bond acceptors (Lipinski definition) is 4. The molecule has 0 spiro atoms. The van der Waals surface area contributed by atoms with E-state index >= 15 is 0 Å². The van der Waals surface area contributed by atoms with E-state index in [1.807, 2.05) is 0 Å². The van der Waals surface area contributed by atoms with Gasteiger partial charge in [0.15, 0.2) is 0 Å². The summed E-state index contributed by atoms with van der Waals surface area (Å²) in [5.74, 6) is -2.15. The molecule has 1 aromatic rings. The van der Waals surface area contributed by atoms with Crippen LogP contribution in [0.1, 0.15) is 12.6 Å². The number of aromatic nitrogens is 3. The molecule has 0 saturated carbocycles. The van der Waals surface area contributed by atoms with Crippen LogP contribution in [0.2, 0.25) is 0 Å². The van der Waals surface area contributed by atoms with Crippen molar-refractivity contribution in [3.8, 4) is 0 Å². The molecule has 1 heterocycles. The molecule has 1 unspecified atom stereocenters. The van der Waals surface area contributed by atoms with E-state index in [1.54, 1.807) is 13.2 Å². The van der Waals surface area contributed by atoms with E-state index in [0.717, 1.165) is 0 Å². The summed E-state index contributed by atoms with van der Waals surface area (Å²) in [5, 5.41) is 16.3. The van der Waals surface area contributed by atoms with Crippen LogP contribution in [0.25, 0.3) is 0 Å². The maximum absolute atomic E-state index is 11.1. The Labute approximate surface area is 85.9 Å². The highest BCUT2D eigenvalue weighted by Crippen LogP contribution is 2.21. The Morgan fingerprint density at radius 1 is 1.67 bits per heavy atom. The van der Waals surface area contributed by atoms with Gasteiger partial charge in [-0.15, -0.1) is 5.10 Å². The molecule has 7 nitrogen and oxygen atoms in total. The van der Waals surface area contributed by atoms with Crippen molar-refractivity contribution in [2.24, 2.45) is 18.2 Å². The maximum atomic E-state index is 11.1. The fourth-order valence-electron chi connectivity index (χ4n) is 1.11. The smallest absolute Gasteiger partial charge is 0.319 e. The number of carboxylic acids is 1. The number of aryl methyl sites for hydroxylation is 1. The van der Waals surface area contributed by atoms with Crippen LogP contribution in [-0.2, 0) is 23.1 Å². The molecule has 0 aromatic carbocycles. The monoisotopic (exact) mass is 212 g/mol. The minimum Gasteiger partial charge on any atom is -0.480 e. The highest BCUT2D eigenvalue weighted by molar-refractivity contribution is 6.00. The normalized spacial score (nSPS) is 14.5. The quantitative estimate of drug-likeness (QED) is 0.617. The average Bonchev–Trinajstić information content (AvgIpc) is 2.50. The zero-order chi connectivity index (χ0) is 11.6. The molecule has 7 heteroatoms. The third kappa shape index (κ3) is 2.12. The van der Waals surface area contributed by atoms with Gasteiger partial charge >= 0.3 is 5.97 Å². The van der Waals surface area contributed by atoms with E-state index in [9.17, 15) is 9.59 Å². The Balaban J connectivity index is 2.94. The molecule has 1 rings (SSSR count). The Hall–Kier alpha value is -1.92. The number of carboxylic acid groups (broad SMARTS) is 1. The SMILES string of the molecule is Cn1cc(CC(C)(C(N)=O)C(=O)O)nn1. The number of carbonyl (C=O) groups is 2. The molecule has 1 atom stereocenters. The molecule has 0 bridgehead atoms. The number of hydrogen-bond donors (Lipinski definition) is 2. The Morgan fingerprint density at radius 3 is 2.60 bits per heavy atom. The van der Waals surface area contributed by atoms with Crippen LogP contribution in [0, 0.1) is 5.41 Å².